The number of carbonyl (C=O) groups is 3. The van der Waals surface area contributed by atoms with Crippen molar-refractivity contribution in [2.45, 2.75) is 51.3 Å². The highest BCUT2D eigenvalue weighted by atomic mass is 16.5. The van der Waals surface area contributed by atoms with Crippen LogP contribution in [0.15, 0.2) is 54.6 Å². The summed E-state index contributed by atoms with van der Waals surface area (Å²) in [6, 6.07) is 15.5. The fourth-order valence-corrected chi connectivity index (χ4v) is 4.55. The lowest BCUT2D eigenvalue weighted by molar-refractivity contribution is -0.120. The number of ether oxygens (including phenoxy) is 1. The van der Waals surface area contributed by atoms with E-state index < -0.39 is 23.7 Å². The number of benzene rings is 2. The molecule has 1 aliphatic rings. The molecule has 0 saturated carbocycles. The van der Waals surface area contributed by atoms with Crippen LogP contribution < -0.4 is 21.3 Å². The van der Waals surface area contributed by atoms with Crippen LogP contribution in [0.4, 0.5) is 10.5 Å². The van der Waals surface area contributed by atoms with Gasteiger partial charge in [0.1, 0.15) is 0 Å². The largest absolute Gasteiger partial charge is 0.453 e. The first-order valence-electron chi connectivity index (χ1n) is 12.1. The summed E-state index contributed by atoms with van der Waals surface area (Å²) in [5, 5.41) is 16.0. The molecule has 2 aromatic rings. The zero-order valence-electron chi connectivity index (χ0n) is 21.1. The summed E-state index contributed by atoms with van der Waals surface area (Å²) in [6.45, 7) is 4.21. The highest BCUT2D eigenvalue weighted by Gasteiger charge is 2.34. The van der Waals surface area contributed by atoms with Crippen molar-refractivity contribution in [1.29, 1.82) is 0 Å². The number of nitrogens with zero attached hydrogens (tertiary/aromatic N) is 1. The molecule has 0 aliphatic carbocycles. The smallest absolute Gasteiger partial charge is 0.407 e. The molecule has 0 saturated heterocycles. The van der Waals surface area contributed by atoms with Crippen molar-refractivity contribution in [1.82, 2.24) is 10.6 Å². The zero-order valence-corrected chi connectivity index (χ0v) is 21.1. The molecular formula is C27H36N4O5. The Morgan fingerprint density at radius 1 is 1.14 bits per heavy atom. The lowest BCUT2D eigenvalue weighted by atomic mass is 9.80. The van der Waals surface area contributed by atoms with Crippen molar-refractivity contribution < 1.29 is 24.2 Å². The van der Waals surface area contributed by atoms with Crippen molar-refractivity contribution in [2.75, 3.05) is 25.1 Å². The molecule has 0 bridgehead atoms. The first-order valence-corrected chi connectivity index (χ1v) is 12.1. The van der Waals surface area contributed by atoms with Gasteiger partial charge in [0.25, 0.3) is 5.91 Å². The molecular weight excluding hydrogens is 460 g/mol. The van der Waals surface area contributed by atoms with Crippen LogP contribution in [-0.4, -0.2) is 61.4 Å². The van der Waals surface area contributed by atoms with Gasteiger partial charge in [-0.15, -0.1) is 0 Å². The van der Waals surface area contributed by atoms with Gasteiger partial charge in [0.15, 0.2) is 0 Å². The van der Waals surface area contributed by atoms with E-state index in [0.717, 1.165) is 11.3 Å². The fourth-order valence-electron chi connectivity index (χ4n) is 4.55. The van der Waals surface area contributed by atoms with Gasteiger partial charge in [-0.25, -0.2) is 4.79 Å². The number of hydrogen-bond acceptors (Lipinski definition) is 6. The fraction of sp³-hybridized carbons (Fsp3) is 0.444. The van der Waals surface area contributed by atoms with Gasteiger partial charge in [0.05, 0.1) is 19.3 Å². The molecule has 3 amide bonds. The third-order valence-electron chi connectivity index (χ3n) is 6.38. The number of nitrogens with two attached hydrogens (primary N) is 1. The summed E-state index contributed by atoms with van der Waals surface area (Å²) in [6.07, 6.45) is -0.323. The number of aliphatic hydroxyl groups excluding tert-OH is 1. The minimum atomic E-state index is -0.962. The van der Waals surface area contributed by atoms with E-state index in [1.807, 2.05) is 44.2 Å². The van der Waals surface area contributed by atoms with Gasteiger partial charge in [-0.3, -0.25) is 9.59 Å². The van der Waals surface area contributed by atoms with Crippen molar-refractivity contribution in [2.24, 2.45) is 11.1 Å². The maximum atomic E-state index is 13.4. The zero-order chi connectivity index (χ0) is 26.3. The van der Waals surface area contributed by atoms with Crippen LogP contribution in [0.5, 0.6) is 0 Å². The number of amides is 3. The van der Waals surface area contributed by atoms with Crippen molar-refractivity contribution in [3.63, 3.8) is 0 Å². The molecule has 2 aromatic carbocycles. The molecule has 3 rings (SSSR count). The van der Waals surface area contributed by atoms with Gasteiger partial charge in [0.2, 0.25) is 5.91 Å². The maximum Gasteiger partial charge on any atom is 0.407 e. The molecule has 0 fully saturated rings. The van der Waals surface area contributed by atoms with E-state index in [9.17, 15) is 19.5 Å². The Morgan fingerprint density at radius 3 is 2.50 bits per heavy atom. The van der Waals surface area contributed by atoms with E-state index >= 15 is 0 Å². The monoisotopic (exact) mass is 496 g/mol. The summed E-state index contributed by atoms with van der Waals surface area (Å²) < 4.78 is 4.73. The SMILES string of the molecule is COC(=O)NC1Cc2ccccc2N(C(=O)CC(C)(C)C[C@H](N)[C@@H](O)CNC(=O)c2ccccc2)C1. The van der Waals surface area contributed by atoms with Crippen LogP contribution in [0.1, 0.15) is 42.6 Å². The van der Waals surface area contributed by atoms with Crippen molar-refractivity contribution >= 4 is 23.6 Å². The maximum absolute atomic E-state index is 13.4. The molecule has 194 valence electrons. The highest BCUT2D eigenvalue weighted by molar-refractivity contribution is 5.95. The second kappa shape index (κ2) is 12.0. The number of rotatable bonds is 9. The first-order chi connectivity index (χ1) is 17.1. The molecule has 5 N–H and O–H groups in total. The molecule has 0 spiro atoms. The standard InChI is InChI=1S/C27H36N4O5/c1-27(2,14-21(28)23(32)16-29-25(34)18-9-5-4-6-10-18)15-24(33)31-17-20(30-26(35)36-3)13-19-11-7-8-12-22(19)31/h4-12,20-21,23,32H,13-17,28H2,1-3H3,(H,29,34)(H,30,35)/t20?,21-,23-/m0/s1. The number of hydrogen-bond donors (Lipinski definition) is 4. The number of anilines is 1. The Hall–Kier alpha value is -3.43. The second-order valence-electron chi connectivity index (χ2n) is 10.0. The van der Waals surface area contributed by atoms with Gasteiger partial charge in [0, 0.05) is 36.8 Å². The van der Waals surface area contributed by atoms with Crippen LogP contribution in [-0.2, 0) is 16.0 Å². The van der Waals surface area contributed by atoms with E-state index in [4.69, 9.17) is 10.5 Å². The average molecular weight is 497 g/mol. The Labute approximate surface area is 212 Å². The summed E-state index contributed by atoms with van der Waals surface area (Å²) in [5.41, 5.74) is 8.05. The number of methoxy groups -OCH3 is 1. The summed E-state index contributed by atoms with van der Waals surface area (Å²) in [4.78, 5) is 39.1. The van der Waals surface area contributed by atoms with E-state index in [1.54, 1.807) is 29.2 Å². The molecule has 9 nitrogen and oxygen atoms in total. The average Bonchev–Trinajstić information content (AvgIpc) is 2.86. The molecule has 9 heteroatoms. The molecule has 0 aromatic heterocycles. The minimum absolute atomic E-state index is 0.0132. The Morgan fingerprint density at radius 2 is 1.81 bits per heavy atom. The first kappa shape index (κ1) is 27.2. The number of nitrogens with one attached hydrogen (secondary N) is 2. The molecule has 1 unspecified atom stereocenters. The quantitative estimate of drug-likeness (QED) is 0.421. The Kier molecular flexibility index (Phi) is 9.06. The third-order valence-corrected chi connectivity index (χ3v) is 6.38. The summed E-state index contributed by atoms with van der Waals surface area (Å²) in [7, 11) is 1.31. The summed E-state index contributed by atoms with van der Waals surface area (Å²) >= 11 is 0. The van der Waals surface area contributed by atoms with Crippen LogP contribution >= 0.6 is 0 Å². The number of fused-ring (bicyclic) bond motifs is 1. The van der Waals surface area contributed by atoms with Gasteiger partial charge in [-0.2, -0.15) is 0 Å². The minimum Gasteiger partial charge on any atom is -0.453 e. The molecule has 36 heavy (non-hydrogen) atoms. The normalized spacial score (nSPS) is 16.9. The predicted octanol–water partition coefficient (Wildman–Crippen LogP) is 2.22. The van der Waals surface area contributed by atoms with E-state index in [2.05, 4.69) is 10.6 Å². The van der Waals surface area contributed by atoms with Crippen LogP contribution in [0.2, 0.25) is 0 Å². The summed E-state index contributed by atoms with van der Waals surface area (Å²) in [5.74, 6) is -0.377. The number of carbonyl (C=O) groups excluding carboxylic acids is 3. The highest BCUT2D eigenvalue weighted by Crippen LogP contribution is 2.32. The van der Waals surface area contributed by atoms with E-state index in [-0.39, 0.29) is 30.8 Å². The van der Waals surface area contributed by atoms with Crippen LogP contribution in [0, 0.1) is 5.41 Å². The van der Waals surface area contributed by atoms with Gasteiger partial charge >= 0.3 is 6.09 Å². The van der Waals surface area contributed by atoms with Gasteiger partial charge in [-0.1, -0.05) is 50.2 Å². The van der Waals surface area contributed by atoms with Gasteiger partial charge in [-0.05, 0) is 42.0 Å². The predicted molar refractivity (Wildman–Crippen MR) is 138 cm³/mol. The number of para-hydroxylation sites is 1. The Balaban J connectivity index is 1.59. The molecule has 1 heterocycles. The Bertz CT molecular complexity index is 1060. The second-order valence-corrected chi connectivity index (χ2v) is 10.0. The van der Waals surface area contributed by atoms with Crippen LogP contribution in [0.25, 0.3) is 0 Å². The van der Waals surface area contributed by atoms with E-state index in [0.29, 0.717) is 24.9 Å². The topological polar surface area (TPSA) is 134 Å². The van der Waals surface area contributed by atoms with Crippen molar-refractivity contribution in [3.8, 4) is 0 Å². The molecule has 1 aliphatic heterocycles. The lowest BCUT2D eigenvalue weighted by Gasteiger charge is -2.37. The van der Waals surface area contributed by atoms with Crippen molar-refractivity contribution in [3.05, 3.63) is 65.7 Å². The molecule has 3 atom stereocenters. The third kappa shape index (κ3) is 7.29. The molecule has 0 radical (unpaired) electrons. The number of alkyl carbamates (subject to hydrolysis) is 1. The van der Waals surface area contributed by atoms with Crippen LogP contribution in [0.3, 0.4) is 0 Å². The van der Waals surface area contributed by atoms with E-state index in [1.165, 1.54) is 7.11 Å². The number of aliphatic hydroxyl groups is 1. The van der Waals surface area contributed by atoms with Gasteiger partial charge < -0.3 is 31.1 Å². The lowest BCUT2D eigenvalue weighted by Crippen LogP contribution is -2.51.